The fourth-order valence-electron chi connectivity index (χ4n) is 3.49. The van der Waals surface area contributed by atoms with Crippen molar-refractivity contribution in [1.82, 2.24) is 25.1 Å². The van der Waals surface area contributed by atoms with Crippen molar-refractivity contribution < 1.29 is 4.79 Å². The molecule has 1 N–H and O–H groups in total. The number of nitrogens with zero attached hydrogens (tertiary/aromatic N) is 5. The minimum absolute atomic E-state index is 0.156. The van der Waals surface area contributed by atoms with Gasteiger partial charge in [-0.15, -0.1) is 10.2 Å². The Morgan fingerprint density at radius 3 is 2.61 bits per heavy atom. The Balaban J connectivity index is 1.62. The molecule has 0 aliphatic heterocycles. The van der Waals surface area contributed by atoms with Crippen LogP contribution in [0.3, 0.4) is 0 Å². The van der Waals surface area contributed by atoms with Crippen molar-refractivity contribution in [2.24, 2.45) is 5.92 Å². The molecular formula is C23H24N6OS. The van der Waals surface area contributed by atoms with Gasteiger partial charge in [0.2, 0.25) is 5.91 Å². The number of carbonyl (C=O) groups is 1. The van der Waals surface area contributed by atoms with E-state index in [1.54, 1.807) is 19.3 Å². The number of amides is 1. The van der Waals surface area contributed by atoms with Crippen LogP contribution in [0, 0.1) is 31.1 Å². The first-order valence-corrected chi connectivity index (χ1v) is 11.2. The van der Waals surface area contributed by atoms with E-state index in [1.807, 2.05) is 22.8 Å². The third kappa shape index (κ3) is 4.47. The zero-order valence-corrected chi connectivity index (χ0v) is 18.6. The van der Waals surface area contributed by atoms with Gasteiger partial charge in [0.1, 0.15) is 5.54 Å². The van der Waals surface area contributed by atoms with Crippen molar-refractivity contribution in [2.45, 2.75) is 44.3 Å². The number of rotatable bonds is 7. The normalized spacial score (nSPS) is 15.2. The number of hydrogen-bond donors (Lipinski definition) is 1. The van der Waals surface area contributed by atoms with Gasteiger partial charge in [0, 0.05) is 18.0 Å². The van der Waals surface area contributed by atoms with Crippen LogP contribution in [-0.4, -0.2) is 36.9 Å². The van der Waals surface area contributed by atoms with E-state index in [4.69, 9.17) is 0 Å². The largest absolute Gasteiger partial charge is 0.337 e. The first kappa shape index (κ1) is 21.1. The molecule has 3 aromatic rings. The summed E-state index contributed by atoms with van der Waals surface area (Å²) in [4.78, 5) is 16.7. The Kier molecular flexibility index (Phi) is 5.79. The lowest BCUT2D eigenvalue weighted by molar-refractivity contribution is -0.119. The highest BCUT2D eigenvalue weighted by Gasteiger charge is 2.43. The average molecular weight is 433 g/mol. The van der Waals surface area contributed by atoms with E-state index in [0.717, 1.165) is 29.7 Å². The molecule has 1 aromatic carbocycles. The second-order valence-electron chi connectivity index (χ2n) is 8.07. The van der Waals surface area contributed by atoms with Crippen molar-refractivity contribution in [2.75, 3.05) is 5.75 Å². The van der Waals surface area contributed by atoms with Gasteiger partial charge in [-0.2, -0.15) is 5.26 Å². The molecule has 1 aliphatic carbocycles. The maximum atomic E-state index is 12.6. The lowest BCUT2D eigenvalue weighted by atomic mass is 9.98. The van der Waals surface area contributed by atoms with E-state index in [1.165, 1.54) is 17.3 Å². The summed E-state index contributed by atoms with van der Waals surface area (Å²) in [5.41, 5.74) is 3.38. The number of benzene rings is 1. The Labute approximate surface area is 185 Å². The van der Waals surface area contributed by atoms with Gasteiger partial charge < -0.3 is 5.32 Å². The van der Waals surface area contributed by atoms with E-state index in [2.05, 4.69) is 52.5 Å². The fraction of sp³-hybridized carbons (Fsp3) is 0.348. The summed E-state index contributed by atoms with van der Waals surface area (Å²) in [7, 11) is 0. The molecule has 1 atom stereocenters. The van der Waals surface area contributed by atoms with E-state index in [0.29, 0.717) is 11.0 Å². The van der Waals surface area contributed by atoms with E-state index in [-0.39, 0.29) is 17.6 Å². The summed E-state index contributed by atoms with van der Waals surface area (Å²) in [6.45, 7) is 5.93. The van der Waals surface area contributed by atoms with E-state index >= 15 is 0 Å². The molecule has 7 nitrogen and oxygen atoms in total. The van der Waals surface area contributed by atoms with Gasteiger partial charge in [-0.05, 0) is 74.9 Å². The maximum absolute atomic E-state index is 12.6. The summed E-state index contributed by atoms with van der Waals surface area (Å²) < 4.78 is 1.96. The first-order valence-electron chi connectivity index (χ1n) is 10.2. The van der Waals surface area contributed by atoms with E-state index in [9.17, 15) is 10.1 Å². The molecule has 0 saturated heterocycles. The predicted molar refractivity (Wildman–Crippen MR) is 120 cm³/mol. The third-order valence-electron chi connectivity index (χ3n) is 5.68. The Morgan fingerprint density at radius 1 is 1.23 bits per heavy atom. The molecule has 31 heavy (non-hydrogen) atoms. The van der Waals surface area contributed by atoms with Crippen LogP contribution in [0.5, 0.6) is 0 Å². The molecule has 2 aromatic heterocycles. The Hall–Kier alpha value is -3.18. The molecule has 1 fully saturated rings. The molecule has 158 valence electrons. The van der Waals surface area contributed by atoms with Crippen LogP contribution in [0.4, 0.5) is 0 Å². The molecule has 4 rings (SSSR count). The van der Waals surface area contributed by atoms with Crippen molar-refractivity contribution in [1.29, 1.82) is 5.26 Å². The van der Waals surface area contributed by atoms with Crippen LogP contribution < -0.4 is 5.32 Å². The lowest BCUT2D eigenvalue weighted by Crippen LogP contribution is -2.47. The van der Waals surface area contributed by atoms with Crippen LogP contribution in [0.1, 0.15) is 30.9 Å². The van der Waals surface area contributed by atoms with Gasteiger partial charge in [-0.3, -0.25) is 14.3 Å². The van der Waals surface area contributed by atoms with Crippen LogP contribution in [0.15, 0.2) is 47.9 Å². The summed E-state index contributed by atoms with van der Waals surface area (Å²) in [5, 5.41) is 21.8. The molecule has 2 heterocycles. The summed E-state index contributed by atoms with van der Waals surface area (Å²) >= 11 is 1.31. The fourth-order valence-corrected chi connectivity index (χ4v) is 4.24. The molecule has 1 aliphatic rings. The Morgan fingerprint density at radius 2 is 1.97 bits per heavy atom. The van der Waals surface area contributed by atoms with Crippen molar-refractivity contribution in [3.05, 3.63) is 53.9 Å². The number of aromatic nitrogens is 4. The molecule has 0 spiro atoms. The second-order valence-corrected chi connectivity index (χ2v) is 9.01. The molecule has 8 heteroatoms. The van der Waals surface area contributed by atoms with Gasteiger partial charge in [-0.1, -0.05) is 17.8 Å². The van der Waals surface area contributed by atoms with E-state index < -0.39 is 5.54 Å². The molecule has 1 unspecified atom stereocenters. The topological polar surface area (TPSA) is 96.5 Å². The highest BCUT2D eigenvalue weighted by Crippen LogP contribution is 2.39. The van der Waals surface area contributed by atoms with Gasteiger partial charge in [-0.25, -0.2) is 0 Å². The summed E-state index contributed by atoms with van der Waals surface area (Å²) in [5.74, 6) is 0.905. The highest BCUT2D eigenvalue weighted by molar-refractivity contribution is 7.99. The molecular weight excluding hydrogens is 408 g/mol. The molecule has 0 bridgehead atoms. The van der Waals surface area contributed by atoms with Gasteiger partial charge in [0.25, 0.3) is 0 Å². The standard InChI is InChI=1S/C23H24N6OS/c1-15-4-7-19(12-16(15)2)29-21(17-8-10-25-11-9-17)27-28-22(29)31-13-20(30)26-23(3,14-24)18-5-6-18/h4,7-12,18H,5-6,13H2,1-3H3,(H,26,30). The average Bonchev–Trinajstić information content (AvgIpc) is 3.55. The molecule has 1 saturated carbocycles. The predicted octanol–water partition coefficient (Wildman–Crippen LogP) is 3.85. The smallest absolute Gasteiger partial charge is 0.231 e. The SMILES string of the molecule is Cc1ccc(-n2c(SCC(=O)NC(C)(C#N)C3CC3)nnc2-c2ccncc2)cc1C. The number of hydrogen-bond acceptors (Lipinski definition) is 6. The zero-order valence-electron chi connectivity index (χ0n) is 17.8. The number of carbonyl (C=O) groups excluding carboxylic acids is 1. The minimum Gasteiger partial charge on any atom is -0.337 e. The van der Waals surface area contributed by atoms with Crippen LogP contribution in [0.2, 0.25) is 0 Å². The number of nitrogens with one attached hydrogen (secondary N) is 1. The van der Waals surface area contributed by atoms with Crippen LogP contribution in [-0.2, 0) is 4.79 Å². The lowest BCUT2D eigenvalue weighted by Gasteiger charge is -2.22. The van der Waals surface area contributed by atoms with Crippen LogP contribution in [0.25, 0.3) is 17.1 Å². The van der Waals surface area contributed by atoms with Gasteiger partial charge in [0.05, 0.1) is 17.5 Å². The molecule has 0 radical (unpaired) electrons. The van der Waals surface area contributed by atoms with Gasteiger partial charge >= 0.3 is 0 Å². The highest BCUT2D eigenvalue weighted by atomic mass is 32.2. The van der Waals surface area contributed by atoms with Crippen LogP contribution >= 0.6 is 11.8 Å². The Bertz CT molecular complexity index is 1150. The monoisotopic (exact) mass is 432 g/mol. The van der Waals surface area contributed by atoms with Crippen molar-refractivity contribution in [3.8, 4) is 23.1 Å². The summed E-state index contributed by atoms with van der Waals surface area (Å²) in [6.07, 6.45) is 5.40. The quantitative estimate of drug-likeness (QED) is 0.570. The zero-order chi connectivity index (χ0) is 22.0. The third-order valence-corrected chi connectivity index (χ3v) is 6.61. The summed E-state index contributed by atoms with van der Waals surface area (Å²) in [6, 6.07) is 12.2. The van der Waals surface area contributed by atoms with Crippen molar-refractivity contribution >= 4 is 17.7 Å². The number of aryl methyl sites for hydroxylation is 2. The maximum Gasteiger partial charge on any atom is 0.231 e. The number of nitriles is 1. The second kappa shape index (κ2) is 8.52. The number of thioether (sulfide) groups is 1. The molecule has 1 amide bonds. The minimum atomic E-state index is -0.804. The number of pyridine rings is 1. The van der Waals surface area contributed by atoms with Gasteiger partial charge in [0.15, 0.2) is 11.0 Å². The van der Waals surface area contributed by atoms with Crippen molar-refractivity contribution in [3.63, 3.8) is 0 Å². The first-order chi connectivity index (χ1) is 14.9.